The van der Waals surface area contributed by atoms with E-state index >= 15 is 0 Å². The Hall–Kier alpha value is -5.12. The van der Waals surface area contributed by atoms with Gasteiger partial charge in [-0.3, -0.25) is 33.6 Å². The SMILES string of the molecule is Cc1nc(C)c(CC(=O)N[C@H]2C[C@H]3C(=O)N[C@@H](C)C(=O)N[C@H](c4ccccc4)CC(=O)N[C@@H](CC(C)C)C(=O)N[C@@H](CO)C(=O)N3C2)c(=O)[nH]1. The van der Waals surface area contributed by atoms with Gasteiger partial charge >= 0.3 is 0 Å². The molecule has 6 amide bonds. The molecule has 4 rings (SSSR count). The van der Waals surface area contributed by atoms with E-state index in [1.807, 2.05) is 13.8 Å². The summed E-state index contributed by atoms with van der Waals surface area (Å²) >= 11 is 0. The highest BCUT2D eigenvalue weighted by molar-refractivity contribution is 5.96. The van der Waals surface area contributed by atoms with Crippen molar-refractivity contribution in [3.63, 3.8) is 0 Å². The van der Waals surface area contributed by atoms with Crippen LogP contribution in [0.3, 0.4) is 0 Å². The summed E-state index contributed by atoms with van der Waals surface area (Å²) in [6, 6.07) is 2.39. The van der Waals surface area contributed by atoms with Gasteiger partial charge in [-0.15, -0.1) is 0 Å². The predicted octanol–water partition coefficient (Wildman–Crippen LogP) is -1.21. The summed E-state index contributed by atoms with van der Waals surface area (Å²) in [4.78, 5) is 101. The normalized spacial score (nSPS) is 25.3. The van der Waals surface area contributed by atoms with E-state index < -0.39 is 83.9 Å². The number of aromatic amines is 1. The number of amides is 6. The average Bonchev–Trinajstić information content (AvgIpc) is 3.47. The first-order chi connectivity index (χ1) is 23.7. The van der Waals surface area contributed by atoms with Crippen molar-refractivity contribution in [2.75, 3.05) is 13.2 Å². The number of aryl methyl sites for hydroxylation is 2. The van der Waals surface area contributed by atoms with Gasteiger partial charge in [0.25, 0.3) is 5.56 Å². The van der Waals surface area contributed by atoms with Crippen LogP contribution in [0.25, 0.3) is 0 Å². The van der Waals surface area contributed by atoms with E-state index in [4.69, 9.17) is 0 Å². The van der Waals surface area contributed by atoms with Crippen LogP contribution in [-0.4, -0.2) is 98.8 Å². The number of nitrogens with zero attached hydrogens (tertiary/aromatic N) is 2. The molecule has 0 aliphatic carbocycles. The van der Waals surface area contributed by atoms with Crippen LogP contribution in [0.2, 0.25) is 0 Å². The second-order valence-corrected chi connectivity index (χ2v) is 13.3. The first kappa shape index (κ1) is 37.7. The molecule has 270 valence electrons. The Morgan fingerprint density at radius 1 is 0.960 bits per heavy atom. The molecule has 0 radical (unpaired) electrons. The third-order valence-corrected chi connectivity index (χ3v) is 8.75. The summed E-state index contributed by atoms with van der Waals surface area (Å²) in [6.45, 7) is 7.43. The van der Waals surface area contributed by atoms with Crippen LogP contribution in [0.1, 0.15) is 68.7 Å². The molecule has 0 bridgehead atoms. The van der Waals surface area contributed by atoms with Gasteiger partial charge in [-0.2, -0.15) is 0 Å². The fourth-order valence-corrected chi connectivity index (χ4v) is 6.24. The number of benzene rings is 1. The van der Waals surface area contributed by atoms with Crippen molar-refractivity contribution in [1.29, 1.82) is 0 Å². The topological polar surface area (TPSA) is 232 Å². The number of hydrogen-bond donors (Lipinski definition) is 7. The van der Waals surface area contributed by atoms with Gasteiger partial charge in [0.1, 0.15) is 30.0 Å². The standard InChI is InChI=1S/C34H46N8O8/c1-17(2)11-25-32(48)41-26(16-43)34(50)42-15-22(38-28(44)13-23-18(3)35-20(5)37-31(23)47)12-27(42)33(49)36-19(4)30(46)40-24(14-29(45)39-25)21-9-7-6-8-10-21/h6-10,17,19,22,24-27,43H,11-16H2,1-5H3,(H,36,49)(H,38,44)(H,39,45)(H,40,46)(H,41,48)(H,35,37,47)/t19-,22-,24-,25-,26-,27-/m0/s1. The molecule has 0 unspecified atom stereocenters. The van der Waals surface area contributed by atoms with E-state index in [0.717, 1.165) is 4.90 Å². The van der Waals surface area contributed by atoms with E-state index in [2.05, 4.69) is 36.6 Å². The molecule has 2 fully saturated rings. The number of aliphatic hydroxyl groups excluding tert-OH is 1. The highest BCUT2D eigenvalue weighted by Gasteiger charge is 2.43. The highest BCUT2D eigenvalue weighted by Crippen LogP contribution is 2.22. The Morgan fingerprint density at radius 3 is 2.30 bits per heavy atom. The quantitative estimate of drug-likeness (QED) is 0.184. The third kappa shape index (κ3) is 9.52. The first-order valence-electron chi connectivity index (χ1n) is 16.7. The number of nitrogens with one attached hydrogen (secondary N) is 6. The average molecular weight is 695 g/mol. The Bertz CT molecular complexity index is 1660. The van der Waals surface area contributed by atoms with E-state index in [1.54, 1.807) is 44.2 Å². The summed E-state index contributed by atoms with van der Waals surface area (Å²) in [5, 5.41) is 23.7. The molecule has 2 aromatic rings. The summed E-state index contributed by atoms with van der Waals surface area (Å²) < 4.78 is 0. The number of aliphatic hydroxyl groups is 1. The van der Waals surface area contributed by atoms with Gasteiger partial charge in [-0.05, 0) is 45.1 Å². The smallest absolute Gasteiger partial charge is 0.254 e. The monoisotopic (exact) mass is 694 g/mol. The van der Waals surface area contributed by atoms with Crippen molar-refractivity contribution in [3.8, 4) is 0 Å². The molecule has 2 aliphatic heterocycles. The molecular formula is C34H46N8O8. The van der Waals surface area contributed by atoms with Gasteiger partial charge in [-0.25, -0.2) is 4.98 Å². The molecular weight excluding hydrogens is 648 g/mol. The summed E-state index contributed by atoms with van der Waals surface area (Å²) in [7, 11) is 0. The minimum absolute atomic E-state index is 0.0449. The lowest BCUT2D eigenvalue weighted by Gasteiger charge is -2.30. The molecule has 2 saturated heterocycles. The van der Waals surface area contributed by atoms with Crippen LogP contribution in [0.5, 0.6) is 0 Å². The molecule has 16 heteroatoms. The van der Waals surface area contributed by atoms with Crippen molar-refractivity contribution in [2.24, 2.45) is 5.92 Å². The fourth-order valence-electron chi connectivity index (χ4n) is 6.24. The Labute approximate surface area is 289 Å². The third-order valence-electron chi connectivity index (χ3n) is 8.75. The Morgan fingerprint density at radius 2 is 1.66 bits per heavy atom. The van der Waals surface area contributed by atoms with Crippen LogP contribution >= 0.6 is 0 Å². The second-order valence-electron chi connectivity index (χ2n) is 13.3. The van der Waals surface area contributed by atoms with E-state index in [-0.39, 0.29) is 43.7 Å². The summed E-state index contributed by atoms with van der Waals surface area (Å²) in [6.07, 6.45) is -0.356. The van der Waals surface area contributed by atoms with Crippen LogP contribution in [0.15, 0.2) is 35.1 Å². The largest absolute Gasteiger partial charge is 0.394 e. The van der Waals surface area contributed by atoms with Crippen molar-refractivity contribution in [2.45, 2.75) is 96.6 Å². The molecule has 1 aromatic heterocycles. The molecule has 3 heterocycles. The van der Waals surface area contributed by atoms with Crippen molar-refractivity contribution >= 4 is 35.4 Å². The van der Waals surface area contributed by atoms with Gasteiger partial charge in [-0.1, -0.05) is 44.2 Å². The number of H-pyrrole nitrogens is 1. The molecule has 50 heavy (non-hydrogen) atoms. The van der Waals surface area contributed by atoms with Gasteiger partial charge in [0.05, 0.1) is 25.5 Å². The van der Waals surface area contributed by atoms with E-state index in [1.165, 1.54) is 6.92 Å². The number of carbonyl (C=O) groups excluding carboxylic acids is 6. The van der Waals surface area contributed by atoms with Crippen LogP contribution in [0.4, 0.5) is 0 Å². The van der Waals surface area contributed by atoms with Crippen LogP contribution < -0.4 is 32.1 Å². The summed E-state index contributed by atoms with van der Waals surface area (Å²) in [5.74, 6) is -3.52. The van der Waals surface area contributed by atoms with E-state index in [0.29, 0.717) is 17.1 Å². The molecule has 0 saturated carbocycles. The van der Waals surface area contributed by atoms with Crippen molar-refractivity contribution < 1.29 is 33.9 Å². The minimum atomic E-state index is -1.48. The zero-order valence-electron chi connectivity index (χ0n) is 28.9. The van der Waals surface area contributed by atoms with Crippen LogP contribution in [-0.2, 0) is 35.2 Å². The number of hydrogen-bond acceptors (Lipinski definition) is 9. The van der Waals surface area contributed by atoms with Gasteiger partial charge in [0, 0.05) is 23.8 Å². The minimum Gasteiger partial charge on any atom is -0.394 e. The number of carbonyl (C=O) groups is 6. The van der Waals surface area contributed by atoms with Crippen LogP contribution in [0, 0.1) is 19.8 Å². The molecule has 1 aromatic carbocycles. The van der Waals surface area contributed by atoms with Crippen molar-refractivity contribution in [3.05, 3.63) is 63.3 Å². The maximum atomic E-state index is 13.9. The predicted molar refractivity (Wildman–Crippen MR) is 180 cm³/mol. The fraction of sp³-hybridized carbons (Fsp3) is 0.529. The van der Waals surface area contributed by atoms with E-state index in [9.17, 15) is 38.7 Å². The first-order valence-corrected chi connectivity index (χ1v) is 16.7. The Kier molecular flexibility index (Phi) is 12.5. The number of rotatable bonds is 7. The molecule has 6 atom stereocenters. The van der Waals surface area contributed by atoms with Gasteiger partial charge in [0.2, 0.25) is 35.4 Å². The second kappa shape index (κ2) is 16.5. The maximum absolute atomic E-state index is 13.9. The van der Waals surface area contributed by atoms with Gasteiger partial charge in [0.15, 0.2) is 0 Å². The lowest BCUT2D eigenvalue weighted by atomic mass is 10.00. The van der Waals surface area contributed by atoms with Gasteiger partial charge < -0.3 is 41.6 Å². The Balaban J connectivity index is 1.63. The molecule has 16 nitrogen and oxygen atoms in total. The molecule has 2 aliphatic rings. The lowest BCUT2D eigenvalue weighted by molar-refractivity contribution is -0.143. The van der Waals surface area contributed by atoms with Crippen molar-refractivity contribution in [1.82, 2.24) is 41.5 Å². The summed E-state index contributed by atoms with van der Waals surface area (Å²) in [5.41, 5.74) is 0.738. The maximum Gasteiger partial charge on any atom is 0.254 e. The zero-order chi connectivity index (χ0) is 36.7. The number of aromatic nitrogens is 2. The molecule has 7 N–H and O–H groups in total. The highest BCUT2D eigenvalue weighted by atomic mass is 16.3. The number of fused-ring (bicyclic) bond motifs is 1. The zero-order valence-corrected chi connectivity index (χ0v) is 28.9. The molecule has 0 spiro atoms. The lowest BCUT2D eigenvalue weighted by Crippen LogP contribution is -2.59.